The van der Waals surface area contributed by atoms with E-state index in [1.165, 1.54) is 25.7 Å². The van der Waals surface area contributed by atoms with Crippen molar-refractivity contribution in [1.29, 1.82) is 0 Å². The average molecular weight is 240 g/mol. The SMILES string of the molecule is Cc1cnc(Cl)nc1NC1CCC(C)CC1. The van der Waals surface area contributed by atoms with E-state index in [1.807, 2.05) is 6.92 Å². The van der Waals surface area contributed by atoms with Crippen LogP contribution in [0.2, 0.25) is 5.28 Å². The molecule has 1 aliphatic rings. The Morgan fingerprint density at radius 2 is 2.00 bits per heavy atom. The van der Waals surface area contributed by atoms with E-state index >= 15 is 0 Å². The molecule has 1 fully saturated rings. The van der Waals surface area contributed by atoms with E-state index < -0.39 is 0 Å². The summed E-state index contributed by atoms with van der Waals surface area (Å²) in [6.45, 7) is 4.33. The Hall–Kier alpha value is -0.830. The highest BCUT2D eigenvalue weighted by molar-refractivity contribution is 6.28. The molecular formula is C12H18ClN3. The molecular weight excluding hydrogens is 222 g/mol. The molecule has 0 amide bonds. The highest BCUT2D eigenvalue weighted by Crippen LogP contribution is 2.26. The largest absolute Gasteiger partial charge is 0.367 e. The van der Waals surface area contributed by atoms with Crippen LogP contribution in [0.15, 0.2) is 6.20 Å². The molecule has 3 nitrogen and oxygen atoms in total. The Morgan fingerprint density at radius 3 is 2.69 bits per heavy atom. The summed E-state index contributed by atoms with van der Waals surface area (Å²) in [7, 11) is 0. The van der Waals surface area contributed by atoms with E-state index in [2.05, 4.69) is 22.2 Å². The second kappa shape index (κ2) is 5.00. The molecule has 0 aromatic carbocycles. The standard InChI is InChI=1S/C12H18ClN3/c1-8-3-5-10(6-4-8)15-11-9(2)7-14-12(13)16-11/h7-8,10H,3-6H2,1-2H3,(H,14,15,16). The summed E-state index contributed by atoms with van der Waals surface area (Å²) >= 11 is 5.80. The summed E-state index contributed by atoms with van der Waals surface area (Å²) in [6, 6.07) is 0.542. The van der Waals surface area contributed by atoms with Crippen LogP contribution in [0.1, 0.15) is 38.2 Å². The molecule has 16 heavy (non-hydrogen) atoms. The lowest BCUT2D eigenvalue weighted by molar-refractivity contribution is 0.360. The smallest absolute Gasteiger partial charge is 0.224 e. The molecule has 1 aromatic rings. The fourth-order valence-corrected chi connectivity index (χ4v) is 2.30. The number of halogens is 1. The molecule has 0 spiro atoms. The highest BCUT2D eigenvalue weighted by Gasteiger charge is 2.18. The number of aromatic nitrogens is 2. The van der Waals surface area contributed by atoms with Gasteiger partial charge in [0.15, 0.2) is 0 Å². The summed E-state index contributed by atoms with van der Waals surface area (Å²) in [5, 5.41) is 3.79. The van der Waals surface area contributed by atoms with Crippen LogP contribution in [-0.2, 0) is 0 Å². The van der Waals surface area contributed by atoms with Crippen molar-refractivity contribution in [2.75, 3.05) is 5.32 Å². The first-order chi connectivity index (χ1) is 7.65. The van der Waals surface area contributed by atoms with E-state index in [0.717, 1.165) is 17.3 Å². The zero-order valence-electron chi connectivity index (χ0n) is 9.83. The molecule has 0 aliphatic heterocycles. The maximum atomic E-state index is 5.80. The minimum Gasteiger partial charge on any atom is -0.367 e. The fourth-order valence-electron chi connectivity index (χ4n) is 2.16. The van der Waals surface area contributed by atoms with Gasteiger partial charge in [-0.3, -0.25) is 0 Å². The van der Waals surface area contributed by atoms with Crippen molar-refractivity contribution in [2.24, 2.45) is 5.92 Å². The number of hydrogen-bond acceptors (Lipinski definition) is 3. The topological polar surface area (TPSA) is 37.8 Å². The Morgan fingerprint density at radius 1 is 1.31 bits per heavy atom. The van der Waals surface area contributed by atoms with Crippen LogP contribution in [-0.4, -0.2) is 16.0 Å². The average Bonchev–Trinajstić information content (AvgIpc) is 2.27. The maximum absolute atomic E-state index is 5.80. The van der Waals surface area contributed by atoms with Crippen LogP contribution in [0, 0.1) is 12.8 Å². The van der Waals surface area contributed by atoms with Crippen LogP contribution >= 0.6 is 11.6 Å². The summed E-state index contributed by atoms with van der Waals surface area (Å²) < 4.78 is 0. The lowest BCUT2D eigenvalue weighted by Gasteiger charge is -2.27. The van der Waals surface area contributed by atoms with Gasteiger partial charge < -0.3 is 5.32 Å². The van der Waals surface area contributed by atoms with E-state index in [0.29, 0.717) is 11.3 Å². The number of hydrogen-bond donors (Lipinski definition) is 1. The summed E-state index contributed by atoms with van der Waals surface area (Å²) in [6.07, 6.45) is 6.82. The van der Waals surface area contributed by atoms with Gasteiger partial charge in [0.05, 0.1) is 0 Å². The van der Waals surface area contributed by atoms with Gasteiger partial charge in [-0.2, -0.15) is 0 Å². The van der Waals surface area contributed by atoms with Crippen molar-refractivity contribution in [3.05, 3.63) is 17.0 Å². The first-order valence-corrected chi connectivity index (χ1v) is 6.28. The third kappa shape index (κ3) is 2.85. The molecule has 1 saturated carbocycles. The van der Waals surface area contributed by atoms with Crippen molar-refractivity contribution in [2.45, 2.75) is 45.6 Å². The van der Waals surface area contributed by atoms with Crippen molar-refractivity contribution in [3.8, 4) is 0 Å². The molecule has 1 aromatic heterocycles. The molecule has 0 saturated heterocycles. The Bertz CT molecular complexity index is 359. The molecule has 0 bridgehead atoms. The van der Waals surface area contributed by atoms with Crippen LogP contribution in [0.4, 0.5) is 5.82 Å². The quantitative estimate of drug-likeness (QED) is 0.804. The number of nitrogens with one attached hydrogen (secondary N) is 1. The molecule has 0 unspecified atom stereocenters. The van der Waals surface area contributed by atoms with Crippen molar-refractivity contribution in [1.82, 2.24) is 9.97 Å². The number of nitrogens with zero attached hydrogens (tertiary/aromatic N) is 2. The van der Waals surface area contributed by atoms with Gasteiger partial charge in [0, 0.05) is 17.8 Å². The van der Waals surface area contributed by atoms with Crippen LogP contribution < -0.4 is 5.32 Å². The lowest BCUT2D eigenvalue weighted by Crippen LogP contribution is -2.26. The molecule has 0 radical (unpaired) electrons. The Balaban J connectivity index is 2.00. The fraction of sp³-hybridized carbons (Fsp3) is 0.667. The monoisotopic (exact) mass is 239 g/mol. The van der Waals surface area contributed by atoms with Gasteiger partial charge in [0.2, 0.25) is 5.28 Å². The van der Waals surface area contributed by atoms with Gasteiger partial charge in [0.25, 0.3) is 0 Å². The summed E-state index contributed by atoms with van der Waals surface area (Å²) in [5.41, 5.74) is 1.06. The van der Waals surface area contributed by atoms with Crippen molar-refractivity contribution < 1.29 is 0 Å². The minimum atomic E-state index is 0.317. The third-order valence-electron chi connectivity index (χ3n) is 3.30. The van der Waals surface area contributed by atoms with E-state index in [-0.39, 0.29) is 0 Å². The molecule has 4 heteroatoms. The second-order valence-electron chi connectivity index (χ2n) is 4.77. The highest BCUT2D eigenvalue weighted by atomic mass is 35.5. The van der Waals surface area contributed by atoms with Gasteiger partial charge >= 0.3 is 0 Å². The van der Waals surface area contributed by atoms with Crippen LogP contribution in [0.5, 0.6) is 0 Å². The third-order valence-corrected chi connectivity index (χ3v) is 3.48. The zero-order chi connectivity index (χ0) is 11.5. The van der Waals surface area contributed by atoms with Gasteiger partial charge in [0.1, 0.15) is 5.82 Å². The zero-order valence-corrected chi connectivity index (χ0v) is 10.6. The van der Waals surface area contributed by atoms with Gasteiger partial charge in [-0.25, -0.2) is 9.97 Å². The van der Waals surface area contributed by atoms with Gasteiger partial charge in [-0.1, -0.05) is 6.92 Å². The Labute approximate surface area is 102 Å². The van der Waals surface area contributed by atoms with Crippen molar-refractivity contribution in [3.63, 3.8) is 0 Å². The number of aryl methyl sites for hydroxylation is 1. The van der Waals surface area contributed by atoms with E-state index in [4.69, 9.17) is 11.6 Å². The second-order valence-corrected chi connectivity index (χ2v) is 5.11. The molecule has 1 heterocycles. The van der Waals surface area contributed by atoms with Gasteiger partial charge in [-0.05, 0) is 50.1 Å². The molecule has 2 rings (SSSR count). The first kappa shape index (κ1) is 11.6. The van der Waals surface area contributed by atoms with Gasteiger partial charge in [-0.15, -0.1) is 0 Å². The molecule has 0 atom stereocenters. The summed E-state index contributed by atoms with van der Waals surface area (Å²) in [5.74, 6) is 1.76. The predicted octanol–water partition coefficient (Wildman–Crippen LogP) is 3.43. The van der Waals surface area contributed by atoms with Crippen molar-refractivity contribution >= 4 is 17.4 Å². The molecule has 88 valence electrons. The predicted molar refractivity (Wildman–Crippen MR) is 66.8 cm³/mol. The van der Waals surface area contributed by atoms with E-state index in [9.17, 15) is 0 Å². The van der Waals surface area contributed by atoms with E-state index in [1.54, 1.807) is 6.20 Å². The Kier molecular flexibility index (Phi) is 3.64. The first-order valence-electron chi connectivity index (χ1n) is 5.91. The summed E-state index contributed by atoms with van der Waals surface area (Å²) in [4.78, 5) is 8.19. The van der Waals surface area contributed by atoms with Crippen LogP contribution in [0.3, 0.4) is 0 Å². The number of rotatable bonds is 2. The maximum Gasteiger partial charge on any atom is 0.224 e. The minimum absolute atomic E-state index is 0.317. The molecule has 1 aliphatic carbocycles. The lowest BCUT2D eigenvalue weighted by atomic mass is 9.87. The van der Waals surface area contributed by atoms with Crippen LogP contribution in [0.25, 0.3) is 0 Å². The number of anilines is 1. The molecule has 1 N–H and O–H groups in total. The normalized spacial score (nSPS) is 25.4.